The molecule has 0 radical (unpaired) electrons. The summed E-state index contributed by atoms with van der Waals surface area (Å²) in [6.45, 7) is 2.51. The van der Waals surface area contributed by atoms with Crippen molar-refractivity contribution in [2.75, 3.05) is 0 Å². The van der Waals surface area contributed by atoms with Crippen LogP contribution in [-0.2, 0) is 13.0 Å². The highest BCUT2D eigenvalue weighted by molar-refractivity contribution is 5.51. The summed E-state index contributed by atoms with van der Waals surface area (Å²) in [7, 11) is 0. The maximum atomic E-state index is 13.1. The normalized spacial score (nSPS) is 11.7. The molecular formula is C25H23N2O2+. The highest BCUT2D eigenvalue weighted by Crippen LogP contribution is 2.16. The van der Waals surface area contributed by atoms with Crippen LogP contribution in [0.3, 0.4) is 0 Å². The van der Waals surface area contributed by atoms with Crippen molar-refractivity contribution in [2.45, 2.75) is 19.9 Å². The van der Waals surface area contributed by atoms with Gasteiger partial charge in [0.25, 0.3) is 11.5 Å². The van der Waals surface area contributed by atoms with Crippen LogP contribution in [0.5, 0.6) is 5.88 Å². The standard InChI is InChI=1S/C25H22N2O2/c1-19(16-20-10-4-2-5-11-20)18-27-23-14-8-9-15-26(23)24(28)22(25(27)29)17-21-12-6-3-7-13-21/h2-16H,17-18H2,1H3/p+1/b19-16+. The van der Waals surface area contributed by atoms with Crippen molar-refractivity contribution in [3.05, 3.63) is 118 Å². The predicted molar refractivity (Wildman–Crippen MR) is 115 cm³/mol. The molecule has 2 heterocycles. The summed E-state index contributed by atoms with van der Waals surface area (Å²) in [5, 5.41) is 11.1. The van der Waals surface area contributed by atoms with E-state index < -0.39 is 0 Å². The zero-order chi connectivity index (χ0) is 20.2. The Morgan fingerprint density at radius 2 is 1.62 bits per heavy atom. The van der Waals surface area contributed by atoms with E-state index in [-0.39, 0.29) is 11.4 Å². The molecule has 0 unspecified atom stereocenters. The number of aromatic nitrogens is 2. The third-order valence-electron chi connectivity index (χ3n) is 4.96. The summed E-state index contributed by atoms with van der Waals surface area (Å²) in [5.41, 5.74) is 4.03. The van der Waals surface area contributed by atoms with Gasteiger partial charge in [-0.05, 0) is 29.7 Å². The minimum Gasteiger partial charge on any atom is -0.477 e. The summed E-state index contributed by atoms with van der Waals surface area (Å²) in [6, 6.07) is 25.4. The van der Waals surface area contributed by atoms with Crippen LogP contribution in [0, 0.1) is 0 Å². The van der Waals surface area contributed by atoms with Crippen LogP contribution in [0.25, 0.3) is 11.7 Å². The number of fused-ring (bicyclic) bond motifs is 1. The van der Waals surface area contributed by atoms with Gasteiger partial charge < -0.3 is 5.11 Å². The van der Waals surface area contributed by atoms with Crippen LogP contribution in [-0.4, -0.2) is 9.51 Å². The zero-order valence-electron chi connectivity index (χ0n) is 16.3. The Kier molecular flexibility index (Phi) is 5.25. The van der Waals surface area contributed by atoms with Crippen molar-refractivity contribution >= 4 is 11.7 Å². The van der Waals surface area contributed by atoms with Crippen LogP contribution >= 0.6 is 0 Å². The smallest absolute Gasteiger partial charge is 0.349 e. The monoisotopic (exact) mass is 383 g/mol. The molecular weight excluding hydrogens is 360 g/mol. The van der Waals surface area contributed by atoms with E-state index in [9.17, 15) is 9.90 Å². The van der Waals surface area contributed by atoms with Gasteiger partial charge >= 0.3 is 5.56 Å². The minimum atomic E-state index is -0.192. The lowest BCUT2D eigenvalue weighted by Gasteiger charge is -2.10. The van der Waals surface area contributed by atoms with Gasteiger partial charge in [0.2, 0.25) is 0 Å². The first kappa shape index (κ1) is 18.7. The number of nitrogens with zero attached hydrogens (tertiary/aromatic N) is 2. The van der Waals surface area contributed by atoms with Crippen LogP contribution in [0.4, 0.5) is 0 Å². The van der Waals surface area contributed by atoms with Gasteiger partial charge in [-0.25, -0.2) is 4.79 Å². The third-order valence-corrected chi connectivity index (χ3v) is 4.96. The largest absolute Gasteiger partial charge is 0.477 e. The van der Waals surface area contributed by atoms with Gasteiger partial charge in [-0.2, -0.15) is 8.97 Å². The first-order valence-electron chi connectivity index (χ1n) is 9.64. The Hall–Kier alpha value is -3.66. The molecule has 1 N–H and O–H groups in total. The van der Waals surface area contributed by atoms with E-state index in [2.05, 4.69) is 6.08 Å². The predicted octanol–water partition coefficient (Wildman–Crippen LogP) is 3.99. The van der Waals surface area contributed by atoms with Gasteiger partial charge in [0.05, 0.1) is 6.20 Å². The number of hydrogen-bond acceptors (Lipinski definition) is 2. The SMILES string of the molecule is C/C(=C\c1ccccc1)C[n+]1c(O)c(Cc2ccccc2)c(=O)n2ccccc21. The van der Waals surface area contributed by atoms with Gasteiger partial charge in [-0.1, -0.05) is 72.8 Å². The summed E-state index contributed by atoms with van der Waals surface area (Å²) in [5.74, 6) is 0.0193. The Bertz CT molecular complexity index is 1230. The molecule has 0 aliphatic heterocycles. The summed E-state index contributed by atoms with van der Waals surface area (Å²) in [4.78, 5) is 13.1. The molecule has 0 spiro atoms. The van der Waals surface area contributed by atoms with E-state index in [1.807, 2.05) is 85.8 Å². The fourth-order valence-corrected chi connectivity index (χ4v) is 3.58. The van der Waals surface area contributed by atoms with Crippen LogP contribution in [0.15, 0.2) is 95.4 Å². The topological polar surface area (TPSA) is 45.6 Å². The van der Waals surface area contributed by atoms with Crippen molar-refractivity contribution in [1.82, 2.24) is 4.40 Å². The average Bonchev–Trinajstić information content (AvgIpc) is 2.75. The van der Waals surface area contributed by atoms with Gasteiger partial charge in [0.15, 0.2) is 0 Å². The summed E-state index contributed by atoms with van der Waals surface area (Å²) < 4.78 is 3.40. The highest BCUT2D eigenvalue weighted by Gasteiger charge is 2.23. The first-order chi connectivity index (χ1) is 14.1. The Morgan fingerprint density at radius 1 is 0.966 bits per heavy atom. The molecule has 0 fully saturated rings. The number of aromatic hydroxyl groups is 1. The lowest BCUT2D eigenvalue weighted by atomic mass is 10.1. The van der Waals surface area contributed by atoms with E-state index in [1.54, 1.807) is 15.2 Å². The molecule has 0 amide bonds. The molecule has 2 aromatic heterocycles. The molecule has 4 nitrogen and oxygen atoms in total. The minimum absolute atomic E-state index is 0.0193. The quantitative estimate of drug-likeness (QED) is 0.530. The van der Waals surface area contributed by atoms with Crippen molar-refractivity contribution < 1.29 is 9.67 Å². The van der Waals surface area contributed by atoms with Gasteiger partial charge in [0, 0.05) is 12.5 Å². The fraction of sp³-hybridized carbons (Fsp3) is 0.120. The maximum Gasteiger partial charge on any atom is 0.349 e. The van der Waals surface area contributed by atoms with E-state index in [1.165, 1.54) is 0 Å². The molecule has 4 heteroatoms. The Morgan fingerprint density at radius 3 is 2.34 bits per heavy atom. The molecule has 0 atom stereocenters. The molecule has 4 aromatic rings. The maximum absolute atomic E-state index is 13.1. The lowest BCUT2D eigenvalue weighted by Crippen LogP contribution is -2.42. The van der Waals surface area contributed by atoms with Crippen molar-refractivity contribution in [2.24, 2.45) is 0 Å². The second-order valence-corrected chi connectivity index (χ2v) is 7.19. The van der Waals surface area contributed by atoms with Gasteiger partial charge in [-0.15, -0.1) is 0 Å². The van der Waals surface area contributed by atoms with Crippen LogP contribution < -0.4 is 10.1 Å². The second-order valence-electron chi connectivity index (χ2n) is 7.19. The summed E-state index contributed by atoms with van der Waals surface area (Å²) >= 11 is 0. The highest BCUT2D eigenvalue weighted by atomic mass is 16.3. The molecule has 0 bridgehead atoms. The fourth-order valence-electron chi connectivity index (χ4n) is 3.58. The zero-order valence-corrected chi connectivity index (χ0v) is 16.3. The van der Waals surface area contributed by atoms with Crippen molar-refractivity contribution in [3.8, 4) is 5.88 Å². The number of pyridine rings is 1. The molecule has 0 aliphatic rings. The first-order valence-corrected chi connectivity index (χ1v) is 9.64. The van der Waals surface area contributed by atoms with Gasteiger partial charge in [-0.3, -0.25) is 0 Å². The number of rotatable bonds is 5. The lowest BCUT2D eigenvalue weighted by molar-refractivity contribution is -0.673. The number of hydrogen-bond donors (Lipinski definition) is 1. The third kappa shape index (κ3) is 3.97. The van der Waals surface area contributed by atoms with E-state index in [0.29, 0.717) is 24.2 Å². The van der Waals surface area contributed by atoms with Crippen LogP contribution in [0.1, 0.15) is 23.6 Å². The molecule has 2 aromatic carbocycles. The molecule has 0 aliphatic carbocycles. The Balaban J connectivity index is 1.82. The molecule has 144 valence electrons. The molecule has 4 rings (SSSR count). The van der Waals surface area contributed by atoms with Gasteiger partial charge in [0.1, 0.15) is 12.1 Å². The van der Waals surface area contributed by atoms with Crippen LogP contribution in [0.2, 0.25) is 0 Å². The number of allylic oxidation sites excluding steroid dienone is 1. The average molecular weight is 383 g/mol. The Labute approximate surface area is 169 Å². The van der Waals surface area contributed by atoms with E-state index in [0.717, 1.165) is 16.7 Å². The van der Waals surface area contributed by atoms with Crippen molar-refractivity contribution in [1.29, 1.82) is 0 Å². The second kappa shape index (κ2) is 8.15. The van der Waals surface area contributed by atoms with Crippen molar-refractivity contribution in [3.63, 3.8) is 0 Å². The number of benzene rings is 2. The van der Waals surface area contributed by atoms with E-state index >= 15 is 0 Å². The molecule has 0 saturated carbocycles. The molecule has 29 heavy (non-hydrogen) atoms. The van der Waals surface area contributed by atoms with E-state index in [4.69, 9.17) is 0 Å². The molecule has 0 saturated heterocycles. The summed E-state index contributed by atoms with van der Waals surface area (Å²) in [6.07, 6.45) is 4.22.